The van der Waals surface area contributed by atoms with Crippen molar-refractivity contribution >= 4 is 0 Å². The van der Waals surface area contributed by atoms with Gasteiger partial charge in [-0.25, -0.2) is 0 Å². The van der Waals surface area contributed by atoms with E-state index in [4.69, 9.17) is 4.74 Å². The third kappa shape index (κ3) is 3.48. The topological polar surface area (TPSA) is 24.5 Å². The van der Waals surface area contributed by atoms with E-state index in [0.29, 0.717) is 12.1 Å². The number of nitrogens with one attached hydrogen (secondary N) is 1. The van der Waals surface area contributed by atoms with Crippen molar-refractivity contribution in [2.24, 2.45) is 0 Å². The second-order valence-electron chi connectivity index (χ2n) is 5.34. The predicted octanol–water partition coefficient (Wildman–Crippen LogP) is 2.83. The van der Waals surface area contributed by atoms with E-state index in [9.17, 15) is 0 Å². The molecular formula is C16H26N2O. The smallest absolute Gasteiger partial charge is 0.123 e. The van der Waals surface area contributed by atoms with Gasteiger partial charge in [-0.2, -0.15) is 0 Å². The molecule has 1 aliphatic rings. The zero-order valence-electron chi connectivity index (χ0n) is 12.4. The molecule has 2 atom stereocenters. The Hall–Kier alpha value is -1.06. The molecule has 0 amide bonds. The van der Waals surface area contributed by atoms with Gasteiger partial charge >= 0.3 is 0 Å². The first kappa shape index (κ1) is 14.4. The van der Waals surface area contributed by atoms with Crippen molar-refractivity contribution in [1.82, 2.24) is 10.2 Å². The summed E-state index contributed by atoms with van der Waals surface area (Å²) in [4.78, 5) is 2.58. The second kappa shape index (κ2) is 6.92. The number of rotatable bonds is 6. The summed E-state index contributed by atoms with van der Waals surface area (Å²) in [6, 6.07) is 9.40. The van der Waals surface area contributed by atoms with Gasteiger partial charge in [0.2, 0.25) is 0 Å². The van der Waals surface area contributed by atoms with Gasteiger partial charge in [0.25, 0.3) is 0 Å². The molecule has 1 aliphatic heterocycles. The Morgan fingerprint density at radius 2 is 2.21 bits per heavy atom. The van der Waals surface area contributed by atoms with E-state index < -0.39 is 0 Å². The van der Waals surface area contributed by atoms with Gasteiger partial charge in [-0.05, 0) is 38.9 Å². The van der Waals surface area contributed by atoms with Crippen LogP contribution in [0, 0.1) is 0 Å². The number of ether oxygens (including phenoxy) is 1. The Kier molecular flexibility index (Phi) is 5.23. The molecule has 19 heavy (non-hydrogen) atoms. The summed E-state index contributed by atoms with van der Waals surface area (Å²) in [5, 5.41) is 3.60. The van der Waals surface area contributed by atoms with Crippen LogP contribution in [0.1, 0.15) is 38.3 Å². The van der Waals surface area contributed by atoms with Crippen molar-refractivity contribution in [3.05, 3.63) is 29.8 Å². The molecule has 1 N–H and O–H groups in total. The van der Waals surface area contributed by atoms with Crippen LogP contribution in [0.3, 0.4) is 0 Å². The molecule has 106 valence electrons. The van der Waals surface area contributed by atoms with E-state index in [2.05, 4.69) is 36.2 Å². The average Bonchev–Trinajstić information content (AvgIpc) is 2.84. The highest BCUT2D eigenvalue weighted by atomic mass is 16.5. The first-order chi connectivity index (χ1) is 9.26. The molecule has 0 bridgehead atoms. The maximum atomic E-state index is 5.51. The van der Waals surface area contributed by atoms with E-state index in [-0.39, 0.29) is 0 Å². The van der Waals surface area contributed by atoms with Crippen LogP contribution in [-0.4, -0.2) is 37.7 Å². The Bertz CT molecular complexity index is 394. The van der Waals surface area contributed by atoms with Crippen LogP contribution in [0.4, 0.5) is 0 Å². The molecular weight excluding hydrogens is 236 g/mol. The number of benzene rings is 1. The number of nitrogens with zero attached hydrogens (tertiary/aromatic N) is 1. The highest BCUT2D eigenvalue weighted by Crippen LogP contribution is 2.27. The van der Waals surface area contributed by atoms with E-state index in [1.165, 1.54) is 24.9 Å². The Labute approximate surface area is 116 Å². The molecule has 1 heterocycles. The normalized spacial score (nSPS) is 21.5. The van der Waals surface area contributed by atoms with Gasteiger partial charge in [-0.3, -0.25) is 4.90 Å². The van der Waals surface area contributed by atoms with Gasteiger partial charge in [0, 0.05) is 24.2 Å². The molecule has 1 saturated heterocycles. The molecule has 3 nitrogen and oxygen atoms in total. The minimum Gasteiger partial charge on any atom is -0.496 e. The highest BCUT2D eigenvalue weighted by molar-refractivity contribution is 5.36. The van der Waals surface area contributed by atoms with Crippen molar-refractivity contribution < 1.29 is 4.74 Å². The summed E-state index contributed by atoms with van der Waals surface area (Å²) < 4.78 is 5.51. The maximum absolute atomic E-state index is 5.51. The first-order valence-corrected chi connectivity index (χ1v) is 7.36. The molecule has 0 aromatic heterocycles. The van der Waals surface area contributed by atoms with Crippen molar-refractivity contribution in [2.45, 2.75) is 38.8 Å². The zero-order valence-corrected chi connectivity index (χ0v) is 12.4. The van der Waals surface area contributed by atoms with Gasteiger partial charge in [-0.1, -0.05) is 25.1 Å². The van der Waals surface area contributed by atoms with E-state index >= 15 is 0 Å². The summed E-state index contributed by atoms with van der Waals surface area (Å²) in [5.74, 6) is 0.986. The van der Waals surface area contributed by atoms with Gasteiger partial charge < -0.3 is 10.1 Å². The van der Waals surface area contributed by atoms with E-state index in [1.54, 1.807) is 7.11 Å². The quantitative estimate of drug-likeness (QED) is 0.853. The van der Waals surface area contributed by atoms with Gasteiger partial charge in [0.1, 0.15) is 5.75 Å². The number of para-hydroxylation sites is 1. The van der Waals surface area contributed by atoms with Crippen LogP contribution in [0.15, 0.2) is 24.3 Å². The maximum Gasteiger partial charge on any atom is 0.123 e. The minimum atomic E-state index is 0.349. The summed E-state index contributed by atoms with van der Waals surface area (Å²) in [6.07, 6.45) is 2.65. The van der Waals surface area contributed by atoms with Crippen LogP contribution in [0.5, 0.6) is 5.75 Å². The fourth-order valence-electron chi connectivity index (χ4n) is 2.97. The predicted molar refractivity (Wildman–Crippen MR) is 79.7 cm³/mol. The minimum absolute atomic E-state index is 0.349. The first-order valence-electron chi connectivity index (χ1n) is 7.36. The van der Waals surface area contributed by atoms with Crippen molar-refractivity contribution in [2.75, 3.05) is 26.7 Å². The molecule has 0 aliphatic carbocycles. The Morgan fingerprint density at radius 3 is 2.84 bits per heavy atom. The molecule has 0 spiro atoms. The Morgan fingerprint density at radius 1 is 1.42 bits per heavy atom. The largest absolute Gasteiger partial charge is 0.496 e. The lowest BCUT2D eigenvalue weighted by Crippen LogP contribution is -2.37. The van der Waals surface area contributed by atoms with Crippen LogP contribution in [0.2, 0.25) is 0 Å². The Balaban J connectivity index is 2.14. The lowest BCUT2D eigenvalue weighted by Gasteiger charge is -2.28. The molecule has 0 radical (unpaired) electrons. The number of likely N-dealkylation sites (tertiary alicyclic amines) is 1. The molecule has 2 rings (SSSR count). The van der Waals surface area contributed by atoms with Gasteiger partial charge in [-0.15, -0.1) is 0 Å². The molecule has 1 fully saturated rings. The van der Waals surface area contributed by atoms with Crippen molar-refractivity contribution in [3.8, 4) is 5.75 Å². The molecule has 2 unspecified atom stereocenters. The standard InChI is InChI=1S/C16H26N2O/c1-4-17-15(12-18-11-7-8-13(18)2)14-9-5-6-10-16(14)19-3/h5-6,9-10,13,15,17H,4,7-8,11-12H2,1-3H3. The van der Waals surface area contributed by atoms with Gasteiger partial charge in [0.15, 0.2) is 0 Å². The van der Waals surface area contributed by atoms with Crippen molar-refractivity contribution in [3.63, 3.8) is 0 Å². The fourth-order valence-corrected chi connectivity index (χ4v) is 2.97. The van der Waals surface area contributed by atoms with Crippen LogP contribution >= 0.6 is 0 Å². The summed E-state index contributed by atoms with van der Waals surface area (Å²) in [5.41, 5.74) is 1.27. The van der Waals surface area contributed by atoms with Crippen molar-refractivity contribution in [1.29, 1.82) is 0 Å². The van der Waals surface area contributed by atoms with E-state index in [1.807, 2.05) is 12.1 Å². The summed E-state index contributed by atoms with van der Waals surface area (Å²) in [6.45, 7) is 7.76. The summed E-state index contributed by atoms with van der Waals surface area (Å²) >= 11 is 0. The van der Waals surface area contributed by atoms with Gasteiger partial charge in [0.05, 0.1) is 7.11 Å². The summed E-state index contributed by atoms with van der Waals surface area (Å²) in [7, 11) is 1.75. The molecule has 1 aromatic carbocycles. The average molecular weight is 262 g/mol. The lowest BCUT2D eigenvalue weighted by atomic mass is 10.0. The SMILES string of the molecule is CCNC(CN1CCCC1C)c1ccccc1OC. The second-order valence-corrected chi connectivity index (χ2v) is 5.34. The van der Waals surface area contributed by atoms with E-state index in [0.717, 1.165) is 18.8 Å². The van der Waals surface area contributed by atoms with Crippen LogP contribution in [-0.2, 0) is 0 Å². The van der Waals surface area contributed by atoms with Crippen LogP contribution < -0.4 is 10.1 Å². The fraction of sp³-hybridized carbons (Fsp3) is 0.625. The number of hydrogen-bond donors (Lipinski definition) is 1. The zero-order chi connectivity index (χ0) is 13.7. The third-order valence-electron chi connectivity index (χ3n) is 4.07. The third-order valence-corrected chi connectivity index (χ3v) is 4.07. The monoisotopic (exact) mass is 262 g/mol. The highest BCUT2D eigenvalue weighted by Gasteiger charge is 2.25. The molecule has 3 heteroatoms. The number of likely N-dealkylation sites (N-methyl/N-ethyl adjacent to an activating group) is 1. The molecule has 1 aromatic rings. The van der Waals surface area contributed by atoms with Crippen LogP contribution in [0.25, 0.3) is 0 Å². The number of methoxy groups -OCH3 is 1. The number of hydrogen-bond acceptors (Lipinski definition) is 3. The molecule has 0 saturated carbocycles. The lowest BCUT2D eigenvalue weighted by molar-refractivity contribution is 0.236.